The van der Waals surface area contributed by atoms with Crippen LogP contribution < -0.4 is 14.8 Å². The Hall–Kier alpha value is -2.28. The van der Waals surface area contributed by atoms with Gasteiger partial charge in [0.2, 0.25) is 6.79 Å². The Morgan fingerprint density at radius 2 is 2.00 bits per heavy atom. The topological polar surface area (TPSA) is 86.4 Å². The number of amides is 1. The quantitative estimate of drug-likeness (QED) is 0.507. The van der Waals surface area contributed by atoms with Crippen molar-refractivity contribution >= 4 is 11.9 Å². The number of nitrogens with one attached hydrogen (secondary N) is 1. The van der Waals surface area contributed by atoms with E-state index in [2.05, 4.69) is 5.32 Å². The third kappa shape index (κ3) is 2.80. The molecule has 1 aliphatic carbocycles. The fourth-order valence-corrected chi connectivity index (χ4v) is 3.52. The van der Waals surface area contributed by atoms with E-state index in [1.165, 1.54) is 0 Å². The lowest BCUT2D eigenvalue weighted by Crippen LogP contribution is -2.46. The third-order valence-electron chi connectivity index (χ3n) is 4.75. The van der Waals surface area contributed by atoms with Gasteiger partial charge in [0.05, 0.1) is 18.8 Å². The summed E-state index contributed by atoms with van der Waals surface area (Å²) in [6.07, 6.45) is 1.89. The Labute approximate surface area is 139 Å². The molecule has 0 bridgehead atoms. The average molecular weight is 333 g/mol. The fourth-order valence-electron chi connectivity index (χ4n) is 3.52. The first-order valence-corrected chi connectivity index (χ1v) is 8.18. The van der Waals surface area contributed by atoms with Crippen LogP contribution in [0.3, 0.4) is 0 Å². The van der Waals surface area contributed by atoms with Crippen LogP contribution in [-0.2, 0) is 19.1 Å². The molecule has 4 atom stereocenters. The van der Waals surface area contributed by atoms with Crippen molar-refractivity contribution < 1.29 is 28.5 Å². The Morgan fingerprint density at radius 1 is 1.21 bits per heavy atom. The highest BCUT2D eigenvalue weighted by atomic mass is 16.7. The van der Waals surface area contributed by atoms with Crippen LogP contribution in [0.4, 0.5) is 0 Å². The van der Waals surface area contributed by atoms with Crippen molar-refractivity contribution in [1.29, 1.82) is 0 Å². The van der Waals surface area contributed by atoms with E-state index in [0.29, 0.717) is 12.2 Å². The van der Waals surface area contributed by atoms with Gasteiger partial charge in [0.1, 0.15) is 0 Å². The lowest BCUT2D eigenvalue weighted by atomic mass is 9.80. The minimum Gasteiger partial charge on any atom is -0.459 e. The second-order valence-corrected chi connectivity index (χ2v) is 6.20. The lowest BCUT2D eigenvalue weighted by molar-refractivity contribution is -0.155. The highest BCUT2D eigenvalue weighted by molar-refractivity contribution is 6.32. The molecule has 24 heavy (non-hydrogen) atoms. The van der Waals surface area contributed by atoms with Crippen LogP contribution in [0.2, 0.25) is 0 Å². The van der Waals surface area contributed by atoms with Gasteiger partial charge in [0, 0.05) is 12.0 Å². The van der Waals surface area contributed by atoms with Gasteiger partial charge in [-0.2, -0.15) is 0 Å². The third-order valence-corrected chi connectivity index (χ3v) is 4.75. The Bertz CT molecular complexity index is 675. The number of benzene rings is 1. The highest BCUT2D eigenvalue weighted by Crippen LogP contribution is 2.45. The molecule has 2 heterocycles. The maximum atomic E-state index is 12.0. The van der Waals surface area contributed by atoms with Crippen molar-refractivity contribution in [2.24, 2.45) is 0 Å². The van der Waals surface area contributed by atoms with Crippen LogP contribution in [0.1, 0.15) is 31.2 Å². The molecule has 1 saturated carbocycles. The van der Waals surface area contributed by atoms with Gasteiger partial charge in [-0.3, -0.25) is 4.79 Å². The number of hydrogen-bond acceptors (Lipinski definition) is 6. The van der Waals surface area contributed by atoms with Crippen molar-refractivity contribution in [2.75, 3.05) is 13.4 Å². The Kier molecular flexibility index (Phi) is 3.80. The molecule has 0 radical (unpaired) electrons. The zero-order valence-electron chi connectivity index (χ0n) is 13.3. The summed E-state index contributed by atoms with van der Waals surface area (Å²) >= 11 is 0. The Morgan fingerprint density at radius 3 is 2.83 bits per heavy atom. The van der Waals surface area contributed by atoms with Crippen LogP contribution in [0.25, 0.3) is 0 Å². The summed E-state index contributed by atoms with van der Waals surface area (Å²) in [6, 6.07) is 5.62. The molecule has 3 aliphatic rings. The second-order valence-electron chi connectivity index (χ2n) is 6.20. The second kappa shape index (κ2) is 5.98. The van der Waals surface area contributed by atoms with Gasteiger partial charge in [0.25, 0.3) is 0 Å². The molecule has 128 valence electrons. The van der Waals surface area contributed by atoms with Gasteiger partial charge in [-0.25, -0.2) is 4.79 Å². The fraction of sp³-hybridized carbons (Fsp3) is 0.529. The van der Waals surface area contributed by atoms with E-state index in [9.17, 15) is 9.59 Å². The molecule has 2 fully saturated rings. The van der Waals surface area contributed by atoms with Crippen LogP contribution >= 0.6 is 0 Å². The maximum Gasteiger partial charge on any atom is 0.396 e. The summed E-state index contributed by atoms with van der Waals surface area (Å²) in [5, 5.41) is 2.81. The molecular formula is C17H19NO6. The molecule has 1 saturated heterocycles. The standard InChI is InChI=1S/C17H19NO6/c1-2-21-17(20)16(19)18-11-7-15-14(24-15)6-10(11)9-3-4-12-13(5-9)23-8-22-12/h3-5,10-11,14-15H,2,6-8H2,1H3,(H,18,19)/t10-,11-,14+,15-/m1/s1. The summed E-state index contributed by atoms with van der Waals surface area (Å²) in [5.74, 6) is -0.0573. The first-order valence-electron chi connectivity index (χ1n) is 8.18. The number of fused-ring (bicyclic) bond motifs is 2. The molecule has 0 spiro atoms. The SMILES string of the molecule is CCOC(=O)C(=O)N[C@@H]1C[C@H]2O[C@H]2C[C@@H]1c1ccc2c(c1)OCO2. The molecule has 1 amide bonds. The number of hydrogen-bond donors (Lipinski definition) is 1. The van der Waals surface area contributed by atoms with Gasteiger partial charge in [0.15, 0.2) is 11.5 Å². The predicted molar refractivity (Wildman–Crippen MR) is 81.8 cm³/mol. The largest absolute Gasteiger partial charge is 0.459 e. The van der Waals surface area contributed by atoms with E-state index in [-0.39, 0.29) is 37.6 Å². The van der Waals surface area contributed by atoms with Crippen LogP contribution in [-0.4, -0.2) is 43.5 Å². The molecule has 0 unspecified atom stereocenters. The molecule has 7 heteroatoms. The van der Waals surface area contributed by atoms with Gasteiger partial charge < -0.3 is 24.3 Å². The maximum absolute atomic E-state index is 12.0. The van der Waals surface area contributed by atoms with E-state index in [0.717, 1.165) is 17.7 Å². The number of ether oxygens (including phenoxy) is 4. The molecule has 7 nitrogen and oxygen atoms in total. The molecule has 2 aliphatic heterocycles. The van der Waals surface area contributed by atoms with Crippen molar-refractivity contribution in [1.82, 2.24) is 5.32 Å². The van der Waals surface area contributed by atoms with E-state index in [4.69, 9.17) is 18.9 Å². The predicted octanol–water partition coefficient (Wildman–Crippen LogP) is 1.11. The van der Waals surface area contributed by atoms with Gasteiger partial charge >= 0.3 is 11.9 Å². The van der Waals surface area contributed by atoms with Crippen LogP contribution in [0, 0.1) is 0 Å². The molecule has 1 aromatic rings. The summed E-state index contributed by atoms with van der Waals surface area (Å²) in [6.45, 7) is 2.07. The highest BCUT2D eigenvalue weighted by Gasteiger charge is 2.49. The van der Waals surface area contributed by atoms with Gasteiger partial charge in [-0.05, 0) is 37.5 Å². The van der Waals surface area contributed by atoms with E-state index >= 15 is 0 Å². The summed E-state index contributed by atoms with van der Waals surface area (Å²) in [4.78, 5) is 23.6. The number of epoxide rings is 1. The van der Waals surface area contributed by atoms with E-state index in [1.807, 2.05) is 18.2 Å². The molecule has 1 N–H and O–H groups in total. The first kappa shape index (κ1) is 15.3. The molecule has 4 rings (SSSR count). The zero-order chi connectivity index (χ0) is 16.7. The number of esters is 1. The van der Waals surface area contributed by atoms with Gasteiger partial charge in [-0.15, -0.1) is 0 Å². The van der Waals surface area contributed by atoms with E-state index < -0.39 is 11.9 Å². The van der Waals surface area contributed by atoms with Crippen molar-refractivity contribution in [2.45, 2.75) is 43.9 Å². The molecule has 0 aromatic heterocycles. The van der Waals surface area contributed by atoms with Crippen molar-refractivity contribution in [3.63, 3.8) is 0 Å². The summed E-state index contributed by atoms with van der Waals surface area (Å²) in [5.41, 5.74) is 1.04. The normalized spacial score (nSPS) is 29.5. The first-order chi connectivity index (χ1) is 11.7. The van der Waals surface area contributed by atoms with E-state index in [1.54, 1.807) is 6.92 Å². The van der Waals surface area contributed by atoms with Crippen LogP contribution in [0.15, 0.2) is 18.2 Å². The zero-order valence-corrected chi connectivity index (χ0v) is 13.3. The number of carbonyl (C=O) groups excluding carboxylic acids is 2. The minimum absolute atomic E-state index is 0.0571. The average Bonchev–Trinajstić information content (AvgIpc) is 3.17. The number of carbonyl (C=O) groups is 2. The van der Waals surface area contributed by atoms with Gasteiger partial charge in [-0.1, -0.05) is 6.07 Å². The van der Waals surface area contributed by atoms with Crippen molar-refractivity contribution in [3.8, 4) is 11.5 Å². The number of rotatable bonds is 3. The molecular weight excluding hydrogens is 314 g/mol. The Balaban J connectivity index is 1.53. The smallest absolute Gasteiger partial charge is 0.396 e. The van der Waals surface area contributed by atoms with Crippen LogP contribution in [0.5, 0.6) is 11.5 Å². The monoisotopic (exact) mass is 333 g/mol. The lowest BCUT2D eigenvalue weighted by Gasteiger charge is -2.30. The molecule has 1 aromatic carbocycles. The summed E-state index contributed by atoms with van der Waals surface area (Å²) in [7, 11) is 0. The summed E-state index contributed by atoms with van der Waals surface area (Å²) < 4.78 is 21.2. The minimum atomic E-state index is -0.847. The van der Waals surface area contributed by atoms with Crippen molar-refractivity contribution in [3.05, 3.63) is 23.8 Å².